The number of carbonyl (C=O) groups excluding carboxylic acids is 1. The highest BCUT2D eigenvalue weighted by atomic mass is 16.2. The van der Waals surface area contributed by atoms with Gasteiger partial charge in [-0.2, -0.15) is 0 Å². The monoisotopic (exact) mass is 326 g/mol. The van der Waals surface area contributed by atoms with Crippen LogP contribution >= 0.6 is 0 Å². The Morgan fingerprint density at radius 2 is 1.96 bits per heavy atom. The van der Waals surface area contributed by atoms with E-state index in [1.165, 1.54) is 0 Å². The summed E-state index contributed by atoms with van der Waals surface area (Å²) >= 11 is 0. The lowest BCUT2D eigenvalue weighted by Crippen LogP contribution is -2.31. The second-order valence-electron chi connectivity index (χ2n) is 6.18. The molecule has 0 aliphatic carbocycles. The van der Waals surface area contributed by atoms with Crippen LogP contribution in [0, 0.1) is 5.92 Å². The first-order chi connectivity index (χ1) is 11.6. The molecule has 1 aromatic heterocycles. The van der Waals surface area contributed by atoms with Crippen LogP contribution in [-0.4, -0.2) is 33.9 Å². The van der Waals surface area contributed by atoms with Crippen LogP contribution in [0.15, 0.2) is 42.6 Å². The lowest BCUT2D eigenvalue weighted by atomic mass is 10.1. The zero-order valence-corrected chi connectivity index (χ0v) is 14.7. The summed E-state index contributed by atoms with van der Waals surface area (Å²) in [5.41, 5.74) is 1.53. The maximum Gasteiger partial charge on any atom is 0.272 e. The van der Waals surface area contributed by atoms with E-state index in [9.17, 15) is 4.79 Å². The molecule has 0 fully saturated rings. The van der Waals surface area contributed by atoms with Gasteiger partial charge in [-0.3, -0.25) is 4.79 Å². The molecule has 1 N–H and O–H groups in total. The number of carbonyl (C=O) groups is 1. The molecule has 1 amide bonds. The topological polar surface area (TPSA) is 58.1 Å². The van der Waals surface area contributed by atoms with Gasteiger partial charge in [0.2, 0.25) is 5.95 Å². The summed E-state index contributed by atoms with van der Waals surface area (Å²) in [6, 6.07) is 11.7. The van der Waals surface area contributed by atoms with Gasteiger partial charge < -0.3 is 10.2 Å². The van der Waals surface area contributed by atoms with Crippen LogP contribution < -0.4 is 5.32 Å². The Kier molecular flexibility index (Phi) is 6.73. The Hall–Kier alpha value is -2.43. The van der Waals surface area contributed by atoms with Gasteiger partial charge in [0, 0.05) is 25.8 Å². The minimum Gasteiger partial charge on any atom is -0.354 e. The molecule has 1 heterocycles. The van der Waals surface area contributed by atoms with Gasteiger partial charge in [-0.1, -0.05) is 44.2 Å². The molecular formula is C19H26N4O. The third kappa shape index (κ3) is 5.33. The van der Waals surface area contributed by atoms with Crippen molar-refractivity contribution < 1.29 is 4.79 Å². The van der Waals surface area contributed by atoms with Crippen molar-refractivity contribution in [1.29, 1.82) is 0 Å². The Morgan fingerprint density at radius 3 is 2.62 bits per heavy atom. The van der Waals surface area contributed by atoms with Crippen LogP contribution in [0.1, 0.15) is 43.2 Å². The maximum atomic E-state index is 12.7. The number of aromatic nitrogens is 2. The number of nitrogens with one attached hydrogen (secondary N) is 1. The Labute approximate surface area is 144 Å². The highest BCUT2D eigenvalue weighted by Crippen LogP contribution is 2.10. The van der Waals surface area contributed by atoms with Crippen molar-refractivity contribution in [2.45, 2.75) is 33.7 Å². The van der Waals surface area contributed by atoms with Gasteiger partial charge in [0.25, 0.3) is 5.91 Å². The molecule has 0 radical (unpaired) electrons. The van der Waals surface area contributed by atoms with Crippen LogP contribution in [0.5, 0.6) is 0 Å². The number of anilines is 1. The van der Waals surface area contributed by atoms with Crippen LogP contribution in [0.3, 0.4) is 0 Å². The molecule has 24 heavy (non-hydrogen) atoms. The molecule has 2 rings (SSSR count). The van der Waals surface area contributed by atoms with Crippen LogP contribution in [-0.2, 0) is 6.54 Å². The summed E-state index contributed by atoms with van der Waals surface area (Å²) in [5, 5.41) is 3.18. The maximum absolute atomic E-state index is 12.7. The van der Waals surface area contributed by atoms with Crippen molar-refractivity contribution in [2.24, 2.45) is 5.92 Å². The normalized spacial score (nSPS) is 10.7. The van der Waals surface area contributed by atoms with Crippen molar-refractivity contribution in [1.82, 2.24) is 14.9 Å². The van der Waals surface area contributed by atoms with E-state index < -0.39 is 0 Å². The molecule has 0 bridgehead atoms. The van der Waals surface area contributed by atoms with E-state index in [1.807, 2.05) is 37.3 Å². The van der Waals surface area contributed by atoms with Gasteiger partial charge in [0.15, 0.2) is 0 Å². The first-order valence-corrected chi connectivity index (χ1v) is 8.50. The molecular weight excluding hydrogens is 300 g/mol. The van der Waals surface area contributed by atoms with E-state index in [4.69, 9.17) is 0 Å². The number of hydrogen-bond acceptors (Lipinski definition) is 4. The first-order valence-electron chi connectivity index (χ1n) is 8.50. The molecule has 0 saturated heterocycles. The number of hydrogen-bond donors (Lipinski definition) is 1. The summed E-state index contributed by atoms with van der Waals surface area (Å²) in [4.78, 5) is 23.1. The van der Waals surface area contributed by atoms with Crippen molar-refractivity contribution in [3.63, 3.8) is 0 Å². The van der Waals surface area contributed by atoms with Crippen molar-refractivity contribution >= 4 is 11.9 Å². The Bertz CT molecular complexity index is 643. The van der Waals surface area contributed by atoms with E-state index in [0.717, 1.165) is 18.5 Å². The molecule has 0 aliphatic heterocycles. The summed E-state index contributed by atoms with van der Waals surface area (Å²) in [6.07, 6.45) is 2.67. The third-order valence-electron chi connectivity index (χ3n) is 3.76. The minimum atomic E-state index is -0.0735. The number of amides is 1. The zero-order valence-electron chi connectivity index (χ0n) is 14.7. The second kappa shape index (κ2) is 9.01. The summed E-state index contributed by atoms with van der Waals surface area (Å²) in [5.74, 6) is 1.05. The minimum absolute atomic E-state index is 0.0735. The van der Waals surface area contributed by atoms with E-state index >= 15 is 0 Å². The van der Waals surface area contributed by atoms with Gasteiger partial charge in [-0.15, -0.1) is 0 Å². The molecule has 0 aliphatic rings. The van der Waals surface area contributed by atoms with Gasteiger partial charge in [0.05, 0.1) is 0 Å². The van der Waals surface area contributed by atoms with Gasteiger partial charge in [0.1, 0.15) is 5.69 Å². The fourth-order valence-electron chi connectivity index (χ4n) is 2.33. The van der Waals surface area contributed by atoms with Crippen molar-refractivity contribution in [3.8, 4) is 0 Å². The Balaban J connectivity index is 2.04. The fourth-order valence-corrected chi connectivity index (χ4v) is 2.33. The van der Waals surface area contributed by atoms with E-state index in [1.54, 1.807) is 17.2 Å². The van der Waals surface area contributed by atoms with Crippen LogP contribution in [0.4, 0.5) is 5.95 Å². The quantitative estimate of drug-likeness (QED) is 0.805. The fraction of sp³-hybridized carbons (Fsp3) is 0.421. The van der Waals surface area contributed by atoms with Gasteiger partial charge >= 0.3 is 0 Å². The van der Waals surface area contributed by atoms with E-state index in [2.05, 4.69) is 29.1 Å². The number of rotatable bonds is 8. The third-order valence-corrected chi connectivity index (χ3v) is 3.76. The van der Waals surface area contributed by atoms with E-state index in [-0.39, 0.29) is 5.91 Å². The smallest absolute Gasteiger partial charge is 0.272 e. The molecule has 0 spiro atoms. The van der Waals surface area contributed by atoms with Crippen molar-refractivity contribution in [3.05, 3.63) is 53.9 Å². The molecule has 0 saturated carbocycles. The van der Waals surface area contributed by atoms with E-state index in [0.29, 0.717) is 30.6 Å². The SMILES string of the molecule is CCN(Cc1ccccc1)C(=O)c1ccnc(NCCC(C)C)n1. The molecule has 0 atom stereocenters. The number of nitrogens with zero attached hydrogens (tertiary/aromatic N) is 3. The largest absolute Gasteiger partial charge is 0.354 e. The summed E-state index contributed by atoms with van der Waals surface area (Å²) in [7, 11) is 0. The molecule has 5 heteroatoms. The molecule has 5 nitrogen and oxygen atoms in total. The second-order valence-corrected chi connectivity index (χ2v) is 6.18. The molecule has 1 aromatic carbocycles. The first kappa shape index (κ1) is 17.9. The highest BCUT2D eigenvalue weighted by Gasteiger charge is 2.16. The predicted octanol–water partition coefficient (Wildman–Crippen LogP) is 3.60. The van der Waals surface area contributed by atoms with Gasteiger partial charge in [-0.05, 0) is 30.9 Å². The molecule has 0 unspecified atom stereocenters. The summed E-state index contributed by atoms with van der Waals surface area (Å²) < 4.78 is 0. The van der Waals surface area contributed by atoms with Crippen molar-refractivity contribution in [2.75, 3.05) is 18.4 Å². The lowest BCUT2D eigenvalue weighted by molar-refractivity contribution is 0.0746. The highest BCUT2D eigenvalue weighted by molar-refractivity contribution is 5.92. The van der Waals surface area contributed by atoms with Crippen LogP contribution in [0.2, 0.25) is 0 Å². The Morgan fingerprint density at radius 1 is 1.21 bits per heavy atom. The van der Waals surface area contributed by atoms with Crippen LogP contribution in [0.25, 0.3) is 0 Å². The average molecular weight is 326 g/mol. The standard InChI is InChI=1S/C19H26N4O/c1-4-23(14-16-8-6-5-7-9-16)18(24)17-11-13-21-19(22-17)20-12-10-15(2)3/h5-9,11,13,15H,4,10,12,14H2,1-3H3,(H,20,21,22). The molecule has 2 aromatic rings. The lowest BCUT2D eigenvalue weighted by Gasteiger charge is -2.20. The zero-order chi connectivity index (χ0) is 17.4. The van der Waals surface area contributed by atoms with Gasteiger partial charge in [-0.25, -0.2) is 9.97 Å². The predicted molar refractivity (Wildman–Crippen MR) is 96.8 cm³/mol. The summed E-state index contributed by atoms with van der Waals surface area (Å²) in [6.45, 7) is 8.33. The number of benzene rings is 1. The average Bonchev–Trinajstić information content (AvgIpc) is 2.60. The molecule has 128 valence electrons.